The van der Waals surface area contributed by atoms with Crippen molar-refractivity contribution in [1.29, 1.82) is 0 Å². The van der Waals surface area contributed by atoms with Crippen LogP contribution in [-0.2, 0) is 4.79 Å². The van der Waals surface area contributed by atoms with Gasteiger partial charge in [0.2, 0.25) is 0 Å². The average Bonchev–Trinajstić information content (AvgIpc) is 2.66. The number of amides is 2. The third-order valence-corrected chi connectivity index (χ3v) is 4.07. The van der Waals surface area contributed by atoms with Crippen molar-refractivity contribution in [2.24, 2.45) is 5.10 Å². The maximum Gasteiger partial charge on any atom is 0.259 e. The molecule has 0 saturated heterocycles. The first-order valence-corrected chi connectivity index (χ1v) is 9.06. The van der Waals surface area contributed by atoms with E-state index in [0.29, 0.717) is 28.5 Å². The van der Waals surface area contributed by atoms with E-state index in [4.69, 9.17) is 16.3 Å². The summed E-state index contributed by atoms with van der Waals surface area (Å²) in [7, 11) is 0. The minimum Gasteiger partial charge on any atom is -0.489 e. The molecule has 0 saturated carbocycles. The van der Waals surface area contributed by atoms with Crippen LogP contribution in [0.1, 0.15) is 15.9 Å². The number of hydrazone groups is 1. The molecular formula is C19H17BrClN3O3. The zero-order chi connectivity index (χ0) is 19.6. The topological polar surface area (TPSA) is 79.8 Å². The minimum absolute atomic E-state index is 0.236. The van der Waals surface area contributed by atoms with Gasteiger partial charge in [-0.25, -0.2) is 5.43 Å². The van der Waals surface area contributed by atoms with Gasteiger partial charge in [-0.05, 0) is 30.3 Å². The Morgan fingerprint density at radius 1 is 1.26 bits per heavy atom. The van der Waals surface area contributed by atoms with Gasteiger partial charge in [-0.2, -0.15) is 5.10 Å². The standard InChI is InChI=1S/C19H17BrClN3O3/c1-2-9-27-17-8-7-14(20)10-13(17)11-23-24-18(25)12-22-19(26)15-5-3-4-6-16(15)21/h2-8,10-11H,1,9,12H2,(H,22,26)(H,24,25)/b23-11-. The molecule has 0 atom stereocenters. The van der Waals surface area contributed by atoms with E-state index in [1.807, 2.05) is 6.07 Å². The smallest absolute Gasteiger partial charge is 0.259 e. The molecule has 0 radical (unpaired) electrons. The Kier molecular flexibility index (Phi) is 8.03. The third kappa shape index (κ3) is 6.54. The lowest BCUT2D eigenvalue weighted by Crippen LogP contribution is -2.35. The summed E-state index contributed by atoms with van der Waals surface area (Å²) in [4.78, 5) is 23.9. The van der Waals surface area contributed by atoms with Crippen LogP contribution in [0, 0.1) is 0 Å². The van der Waals surface area contributed by atoms with Gasteiger partial charge in [0.1, 0.15) is 12.4 Å². The Labute approximate surface area is 170 Å². The molecule has 2 amide bonds. The molecule has 0 unspecified atom stereocenters. The highest BCUT2D eigenvalue weighted by atomic mass is 79.9. The van der Waals surface area contributed by atoms with Crippen molar-refractivity contribution >= 4 is 45.6 Å². The highest BCUT2D eigenvalue weighted by Crippen LogP contribution is 2.21. The molecule has 0 fully saturated rings. The summed E-state index contributed by atoms with van der Waals surface area (Å²) in [5.41, 5.74) is 3.32. The lowest BCUT2D eigenvalue weighted by Gasteiger charge is -2.08. The van der Waals surface area contributed by atoms with E-state index in [9.17, 15) is 9.59 Å². The van der Waals surface area contributed by atoms with E-state index in [2.05, 4.69) is 38.4 Å². The van der Waals surface area contributed by atoms with Crippen LogP contribution in [0.4, 0.5) is 0 Å². The Balaban J connectivity index is 1.90. The minimum atomic E-state index is -0.477. The summed E-state index contributed by atoms with van der Waals surface area (Å²) in [5, 5.41) is 6.69. The van der Waals surface area contributed by atoms with Crippen LogP contribution in [0.3, 0.4) is 0 Å². The largest absolute Gasteiger partial charge is 0.489 e. The summed E-state index contributed by atoms with van der Waals surface area (Å²) < 4.78 is 6.37. The van der Waals surface area contributed by atoms with E-state index in [0.717, 1.165) is 4.47 Å². The van der Waals surface area contributed by atoms with Crippen LogP contribution in [-0.4, -0.2) is 31.2 Å². The van der Waals surface area contributed by atoms with Gasteiger partial charge in [-0.1, -0.05) is 52.3 Å². The second-order valence-electron chi connectivity index (χ2n) is 5.24. The number of benzene rings is 2. The summed E-state index contributed by atoms with van der Waals surface area (Å²) in [6, 6.07) is 12.0. The Morgan fingerprint density at radius 3 is 2.78 bits per heavy atom. The normalized spacial score (nSPS) is 10.4. The van der Waals surface area contributed by atoms with Gasteiger partial charge in [0.05, 0.1) is 23.3 Å². The second-order valence-corrected chi connectivity index (χ2v) is 6.56. The van der Waals surface area contributed by atoms with Crippen LogP contribution < -0.4 is 15.5 Å². The lowest BCUT2D eigenvalue weighted by atomic mass is 10.2. The average molecular weight is 451 g/mol. The highest BCUT2D eigenvalue weighted by Gasteiger charge is 2.10. The number of ether oxygens (including phenoxy) is 1. The van der Waals surface area contributed by atoms with E-state index < -0.39 is 11.8 Å². The fraction of sp³-hybridized carbons (Fsp3) is 0.105. The molecule has 0 bridgehead atoms. The Bertz CT molecular complexity index is 871. The number of nitrogens with one attached hydrogen (secondary N) is 2. The number of carbonyl (C=O) groups is 2. The maximum atomic E-state index is 12.0. The van der Waals surface area contributed by atoms with E-state index in [1.165, 1.54) is 6.21 Å². The quantitative estimate of drug-likeness (QED) is 0.367. The molecule has 140 valence electrons. The van der Waals surface area contributed by atoms with Crippen molar-refractivity contribution in [1.82, 2.24) is 10.7 Å². The van der Waals surface area contributed by atoms with Gasteiger partial charge in [-0.3, -0.25) is 9.59 Å². The number of halogens is 2. The number of hydrogen-bond donors (Lipinski definition) is 2. The molecule has 0 aliphatic rings. The van der Waals surface area contributed by atoms with Crippen LogP contribution in [0.15, 0.2) is 64.7 Å². The van der Waals surface area contributed by atoms with Gasteiger partial charge in [0, 0.05) is 10.0 Å². The molecule has 2 N–H and O–H groups in total. The van der Waals surface area contributed by atoms with Gasteiger partial charge >= 0.3 is 0 Å². The molecule has 0 aliphatic carbocycles. The van der Waals surface area contributed by atoms with Crippen LogP contribution in [0.5, 0.6) is 5.75 Å². The Hall–Kier alpha value is -2.64. The molecule has 0 spiro atoms. The monoisotopic (exact) mass is 449 g/mol. The van der Waals surface area contributed by atoms with E-state index >= 15 is 0 Å². The first kappa shape index (κ1) is 20.7. The summed E-state index contributed by atoms with van der Waals surface area (Å²) in [6.45, 7) is 3.72. The highest BCUT2D eigenvalue weighted by molar-refractivity contribution is 9.10. The lowest BCUT2D eigenvalue weighted by molar-refractivity contribution is -0.120. The fourth-order valence-corrected chi connectivity index (χ4v) is 2.62. The molecule has 0 heterocycles. The maximum absolute atomic E-state index is 12.0. The number of rotatable bonds is 8. The molecule has 2 aromatic rings. The van der Waals surface area contributed by atoms with Crippen molar-refractivity contribution in [3.63, 3.8) is 0 Å². The van der Waals surface area contributed by atoms with E-state index in [1.54, 1.807) is 42.5 Å². The van der Waals surface area contributed by atoms with Gasteiger partial charge in [0.25, 0.3) is 11.8 Å². The number of carbonyl (C=O) groups excluding carboxylic acids is 2. The first-order chi connectivity index (χ1) is 13.0. The SMILES string of the molecule is C=CCOc1ccc(Br)cc1/C=N\NC(=O)CNC(=O)c1ccccc1Cl. The fourth-order valence-electron chi connectivity index (χ4n) is 2.01. The molecule has 6 nitrogen and oxygen atoms in total. The van der Waals surface area contributed by atoms with Gasteiger partial charge in [0.15, 0.2) is 0 Å². The van der Waals surface area contributed by atoms with Crippen LogP contribution in [0.2, 0.25) is 5.02 Å². The van der Waals surface area contributed by atoms with E-state index in [-0.39, 0.29) is 6.54 Å². The number of hydrogen-bond acceptors (Lipinski definition) is 4. The van der Waals surface area contributed by atoms with Crippen LogP contribution in [0.25, 0.3) is 0 Å². The molecule has 8 heteroatoms. The zero-order valence-corrected chi connectivity index (χ0v) is 16.6. The predicted molar refractivity (Wildman–Crippen MR) is 109 cm³/mol. The summed E-state index contributed by atoms with van der Waals surface area (Å²) in [5.74, 6) is -0.315. The van der Waals surface area contributed by atoms with Gasteiger partial charge < -0.3 is 10.1 Å². The zero-order valence-electron chi connectivity index (χ0n) is 14.2. The summed E-state index contributed by atoms with van der Waals surface area (Å²) >= 11 is 9.31. The molecule has 0 aromatic heterocycles. The molecule has 0 aliphatic heterocycles. The number of nitrogens with zero attached hydrogens (tertiary/aromatic N) is 1. The first-order valence-electron chi connectivity index (χ1n) is 7.89. The van der Waals surface area contributed by atoms with Crippen LogP contribution >= 0.6 is 27.5 Å². The van der Waals surface area contributed by atoms with Crippen molar-refractivity contribution in [3.8, 4) is 5.75 Å². The predicted octanol–water partition coefficient (Wildman–Crippen LogP) is 3.55. The molecule has 27 heavy (non-hydrogen) atoms. The molecule has 2 aromatic carbocycles. The summed E-state index contributed by atoms with van der Waals surface area (Å²) in [6.07, 6.45) is 3.09. The van der Waals surface area contributed by atoms with Crippen molar-refractivity contribution in [2.45, 2.75) is 0 Å². The third-order valence-electron chi connectivity index (χ3n) is 3.25. The van der Waals surface area contributed by atoms with Gasteiger partial charge in [-0.15, -0.1) is 0 Å². The molecule has 2 rings (SSSR count). The van der Waals surface area contributed by atoms with Crippen molar-refractivity contribution < 1.29 is 14.3 Å². The van der Waals surface area contributed by atoms with Crippen molar-refractivity contribution in [2.75, 3.05) is 13.2 Å². The molecular weight excluding hydrogens is 434 g/mol. The van der Waals surface area contributed by atoms with Crippen molar-refractivity contribution in [3.05, 3.63) is 75.7 Å². The second kappa shape index (κ2) is 10.5. The Morgan fingerprint density at radius 2 is 2.04 bits per heavy atom.